The SMILES string of the molecule is COc1ccccc1CNC(=O)COC(=O)c1cccc(S(=O)(=O)N(C)c2ccc(C)cc2)c1. The molecule has 34 heavy (non-hydrogen) atoms. The maximum absolute atomic E-state index is 13.0. The fraction of sp³-hybridized carbons (Fsp3) is 0.200. The molecule has 0 aromatic heterocycles. The predicted octanol–water partition coefficient (Wildman–Crippen LogP) is 3.30. The van der Waals surface area contributed by atoms with Gasteiger partial charge in [-0.15, -0.1) is 0 Å². The van der Waals surface area contributed by atoms with E-state index >= 15 is 0 Å². The average Bonchev–Trinajstić information content (AvgIpc) is 2.86. The van der Waals surface area contributed by atoms with Crippen LogP contribution in [0.4, 0.5) is 5.69 Å². The number of carbonyl (C=O) groups excluding carboxylic acids is 2. The zero-order valence-electron chi connectivity index (χ0n) is 19.1. The van der Waals surface area contributed by atoms with Crippen LogP contribution in [0.3, 0.4) is 0 Å². The summed E-state index contributed by atoms with van der Waals surface area (Å²) in [7, 11) is -0.925. The van der Waals surface area contributed by atoms with Gasteiger partial charge in [0.2, 0.25) is 0 Å². The molecule has 0 unspecified atom stereocenters. The van der Waals surface area contributed by atoms with Crippen molar-refractivity contribution >= 4 is 27.6 Å². The van der Waals surface area contributed by atoms with Gasteiger partial charge in [0, 0.05) is 19.2 Å². The van der Waals surface area contributed by atoms with Crippen LogP contribution in [-0.4, -0.2) is 41.1 Å². The van der Waals surface area contributed by atoms with Crippen LogP contribution in [0.5, 0.6) is 5.75 Å². The van der Waals surface area contributed by atoms with Crippen LogP contribution >= 0.6 is 0 Å². The van der Waals surface area contributed by atoms with E-state index in [0.717, 1.165) is 15.4 Å². The van der Waals surface area contributed by atoms with Gasteiger partial charge in [-0.3, -0.25) is 9.10 Å². The van der Waals surface area contributed by atoms with Gasteiger partial charge in [-0.2, -0.15) is 0 Å². The van der Waals surface area contributed by atoms with Gasteiger partial charge in [-0.05, 0) is 43.3 Å². The smallest absolute Gasteiger partial charge is 0.338 e. The van der Waals surface area contributed by atoms with Crippen molar-refractivity contribution in [1.82, 2.24) is 5.32 Å². The lowest BCUT2D eigenvalue weighted by Gasteiger charge is -2.20. The number of benzene rings is 3. The molecular formula is C25H26N2O6S. The third kappa shape index (κ3) is 5.93. The number of sulfonamides is 1. The number of amides is 1. The number of nitrogens with one attached hydrogen (secondary N) is 1. The summed E-state index contributed by atoms with van der Waals surface area (Å²) in [5.41, 5.74) is 2.30. The molecular weight excluding hydrogens is 456 g/mol. The largest absolute Gasteiger partial charge is 0.496 e. The number of hydrogen-bond acceptors (Lipinski definition) is 6. The van der Waals surface area contributed by atoms with Gasteiger partial charge in [0.05, 0.1) is 23.3 Å². The molecule has 178 valence electrons. The van der Waals surface area contributed by atoms with Crippen molar-refractivity contribution in [2.75, 3.05) is 25.1 Å². The summed E-state index contributed by atoms with van der Waals surface area (Å²) in [5, 5.41) is 2.65. The Labute approximate surface area is 199 Å². The number of para-hydroxylation sites is 1. The van der Waals surface area contributed by atoms with Gasteiger partial charge in [-0.25, -0.2) is 13.2 Å². The summed E-state index contributed by atoms with van der Waals surface area (Å²) < 4.78 is 37.5. The Morgan fingerprint density at radius 1 is 0.971 bits per heavy atom. The molecule has 0 bridgehead atoms. The fourth-order valence-electron chi connectivity index (χ4n) is 3.14. The average molecular weight is 483 g/mol. The summed E-state index contributed by atoms with van der Waals surface area (Å²) >= 11 is 0. The van der Waals surface area contributed by atoms with E-state index in [2.05, 4.69) is 5.32 Å². The molecule has 1 N–H and O–H groups in total. The molecule has 0 fully saturated rings. The molecule has 3 aromatic carbocycles. The van der Waals surface area contributed by atoms with Crippen molar-refractivity contribution in [3.05, 3.63) is 89.5 Å². The van der Waals surface area contributed by atoms with Gasteiger partial charge in [0.1, 0.15) is 5.75 Å². The highest BCUT2D eigenvalue weighted by Gasteiger charge is 2.23. The van der Waals surface area contributed by atoms with Gasteiger partial charge in [0.15, 0.2) is 6.61 Å². The summed E-state index contributed by atoms with van der Waals surface area (Å²) in [5.74, 6) is -0.668. The molecule has 0 aliphatic heterocycles. The number of aryl methyl sites for hydroxylation is 1. The number of rotatable bonds is 9. The van der Waals surface area contributed by atoms with E-state index in [4.69, 9.17) is 9.47 Å². The number of nitrogens with zero attached hydrogens (tertiary/aromatic N) is 1. The van der Waals surface area contributed by atoms with E-state index in [-0.39, 0.29) is 17.0 Å². The molecule has 0 heterocycles. The van der Waals surface area contributed by atoms with E-state index in [0.29, 0.717) is 11.4 Å². The van der Waals surface area contributed by atoms with Crippen molar-refractivity contribution < 1.29 is 27.5 Å². The van der Waals surface area contributed by atoms with Crippen molar-refractivity contribution in [2.45, 2.75) is 18.4 Å². The number of methoxy groups -OCH3 is 1. The zero-order chi connectivity index (χ0) is 24.7. The lowest BCUT2D eigenvalue weighted by molar-refractivity contribution is -0.124. The van der Waals surface area contributed by atoms with E-state index in [1.54, 1.807) is 18.2 Å². The van der Waals surface area contributed by atoms with Crippen LogP contribution in [0, 0.1) is 6.92 Å². The second-order valence-electron chi connectivity index (χ2n) is 7.50. The summed E-state index contributed by atoms with van der Waals surface area (Å²) in [6.45, 7) is 1.61. The van der Waals surface area contributed by atoms with E-state index in [1.807, 2.05) is 37.3 Å². The van der Waals surface area contributed by atoms with Crippen molar-refractivity contribution in [2.24, 2.45) is 0 Å². The Bertz CT molecular complexity index is 1270. The molecule has 0 saturated carbocycles. The summed E-state index contributed by atoms with van der Waals surface area (Å²) in [4.78, 5) is 24.5. The number of carbonyl (C=O) groups is 2. The Morgan fingerprint density at radius 3 is 2.38 bits per heavy atom. The third-order valence-electron chi connectivity index (χ3n) is 5.13. The second kappa shape index (κ2) is 10.8. The molecule has 0 atom stereocenters. The quantitative estimate of drug-likeness (QED) is 0.470. The normalized spacial score (nSPS) is 10.9. The first-order valence-corrected chi connectivity index (χ1v) is 11.9. The summed E-state index contributed by atoms with van der Waals surface area (Å²) in [6.07, 6.45) is 0. The highest BCUT2D eigenvalue weighted by Crippen LogP contribution is 2.23. The first kappa shape index (κ1) is 24.8. The van der Waals surface area contributed by atoms with Crippen molar-refractivity contribution in [3.8, 4) is 5.75 Å². The number of ether oxygens (including phenoxy) is 2. The lowest BCUT2D eigenvalue weighted by atomic mass is 10.2. The Kier molecular flexibility index (Phi) is 7.91. The molecule has 1 amide bonds. The maximum atomic E-state index is 13.0. The van der Waals surface area contributed by atoms with Crippen LogP contribution in [-0.2, 0) is 26.1 Å². The minimum Gasteiger partial charge on any atom is -0.496 e. The third-order valence-corrected chi connectivity index (χ3v) is 6.91. The molecule has 8 nitrogen and oxygen atoms in total. The van der Waals surface area contributed by atoms with Crippen LogP contribution in [0.1, 0.15) is 21.5 Å². The van der Waals surface area contributed by atoms with Crippen LogP contribution < -0.4 is 14.4 Å². The van der Waals surface area contributed by atoms with E-state index in [1.165, 1.54) is 38.4 Å². The highest BCUT2D eigenvalue weighted by atomic mass is 32.2. The second-order valence-corrected chi connectivity index (χ2v) is 9.47. The molecule has 3 rings (SSSR count). The van der Waals surface area contributed by atoms with Gasteiger partial charge >= 0.3 is 5.97 Å². The monoisotopic (exact) mass is 482 g/mol. The molecule has 0 spiro atoms. The van der Waals surface area contributed by atoms with Crippen molar-refractivity contribution in [3.63, 3.8) is 0 Å². The van der Waals surface area contributed by atoms with Gasteiger partial charge in [0.25, 0.3) is 15.9 Å². The first-order chi connectivity index (χ1) is 16.2. The number of anilines is 1. The standard InChI is InChI=1S/C25H26N2O6S/c1-18-11-13-21(14-12-18)27(2)34(30,31)22-9-6-8-19(15-22)25(29)33-17-24(28)26-16-20-7-4-5-10-23(20)32-3/h4-15H,16-17H2,1-3H3,(H,26,28). The van der Waals surface area contributed by atoms with Crippen LogP contribution in [0.25, 0.3) is 0 Å². The van der Waals surface area contributed by atoms with Crippen LogP contribution in [0.15, 0.2) is 77.7 Å². The fourth-order valence-corrected chi connectivity index (χ4v) is 4.39. The highest BCUT2D eigenvalue weighted by molar-refractivity contribution is 7.92. The van der Waals surface area contributed by atoms with Crippen LogP contribution in [0.2, 0.25) is 0 Å². The molecule has 3 aromatic rings. The Balaban J connectivity index is 1.62. The molecule has 9 heteroatoms. The minimum atomic E-state index is -3.90. The molecule has 0 aliphatic carbocycles. The first-order valence-electron chi connectivity index (χ1n) is 10.4. The molecule has 0 aliphatic rings. The van der Waals surface area contributed by atoms with Gasteiger partial charge in [-0.1, -0.05) is 42.0 Å². The van der Waals surface area contributed by atoms with Gasteiger partial charge < -0.3 is 14.8 Å². The zero-order valence-corrected chi connectivity index (χ0v) is 20.0. The Hall–Kier alpha value is -3.85. The Morgan fingerprint density at radius 2 is 1.68 bits per heavy atom. The predicted molar refractivity (Wildman–Crippen MR) is 128 cm³/mol. The number of hydrogen-bond donors (Lipinski definition) is 1. The molecule has 0 radical (unpaired) electrons. The van der Waals surface area contributed by atoms with E-state index < -0.39 is 28.5 Å². The minimum absolute atomic E-state index is 0.0240. The lowest BCUT2D eigenvalue weighted by Crippen LogP contribution is -2.29. The topological polar surface area (TPSA) is 102 Å². The van der Waals surface area contributed by atoms with Crippen molar-refractivity contribution in [1.29, 1.82) is 0 Å². The number of esters is 1. The summed E-state index contributed by atoms with van der Waals surface area (Å²) in [6, 6.07) is 19.8. The maximum Gasteiger partial charge on any atom is 0.338 e. The van der Waals surface area contributed by atoms with E-state index in [9.17, 15) is 18.0 Å². The molecule has 0 saturated heterocycles.